The van der Waals surface area contributed by atoms with Crippen molar-refractivity contribution >= 4 is 17.7 Å². The standard InChI is InChI=1S/C13H27N3S/c1-5-8-10-16(4)13(14-7-3)15-9-12-17-11-6-2/h6H,2,5,7-12H2,1,3-4H3,(H,14,15). The van der Waals surface area contributed by atoms with Gasteiger partial charge in [0.15, 0.2) is 5.96 Å². The first-order valence-corrected chi connectivity index (χ1v) is 7.59. The van der Waals surface area contributed by atoms with Crippen LogP contribution in [-0.4, -0.2) is 49.0 Å². The Morgan fingerprint density at radius 2 is 2.24 bits per heavy atom. The highest BCUT2D eigenvalue weighted by atomic mass is 32.2. The van der Waals surface area contributed by atoms with Crippen LogP contribution in [0.4, 0.5) is 0 Å². The Hall–Kier alpha value is -0.640. The molecular weight excluding hydrogens is 230 g/mol. The van der Waals surface area contributed by atoms with E-state index in [9.17, 15) is 0 Å². The summed E-state index contributed by atoms with van der Waals surface area (Å²) in [6.45, 7) is 10.9. The molecule has 0 aromatic rings. The summed E-state index contributed by atoms with van der Waals surface area (Å²) < 4.78 is 0. The van der Waals surface area contributed by atoms with Crippen LogP contribution in [0, 0.1) is 0 Å². The van der Waals surface area contributed by atoms with Gasteiger partial charge >= 0.3 is 0 Å². The summed E-state index contributed by atoms with van der Waals surface area (Å²) in [4.78, 5) is 6.83. The van der Waals surface area contributed by atoms with Crippen molar-refractivity contribution in [2.24, 2.45) is 4.99 Å². The van der Waals surface area contributed by atoms with Crippen molar-refractivity contribution in [2.75, 3.05) is 38.2 Å². The van der Waals surface area contributed by atoms with E-state index in [2.05, 4.69) is 42.7 Å². The highest BCUT2D eigenvalue weighted by Crippen LogP contribution is 1.99. The molecule has 100 valence electrons. The van der Waals surface area contributed by atoms with Crippen LogP contribution < -0.4 is 5.32 Å². The largest absolute Gasteiger partial charge is 0.357 e. The molecule has 0 aliphatic heterocycles. The van der Waals surface area contributed by atoms with Crippen molar-refractivity contribution < 1.29 is 0 Å². The van der Waals surface area contributed by atoms with Crippen molar-refractivity contribution in [3.8, 4) is 0 Å². The monoisotopic (exact) mass is 257 g/mol. The molecule has 0 aliphatic rings. The first kappa shape index (κ1) is 16.4. The average molecular weight is 257 g/mol. The molecule has 0 saturated carbocycles. The predicted octanol–water partition coefficient (Wildman–Crippen LogP) is 2.60. The zero-order valence-corrected chi connectivity index (χ0v) is 12.4. The molecule has 0 aromatic carbocycles. The van der Waals surface area contributed by atoms with Gasteiger partial charge in [0.2, 0.25) is 0 Å². The van der Waals surface area contributed by atoms with E-state index in [1.807, 2.05) is 17.8 Å². The maximum atomic E-state index is 4.61. The molecule has 3 nitrogen and oxygen atoms in total. The molecule has 0 saturated heterocycles. The number of hydrogen-bond acceptors (Lipinski definition) is 2. The summed E-state index contributed by atoms with van der Waals surface area (Å²) in [7, 11) is 2.11. The molecule has 1 N–H and O–H groups in total. The van der Waals surface area contributed by atoms with Crippen LogP contribution in [0.1, 0.15) is 26.7 Å². The summed E-state index contributed by atoms with van der Waals surface area (Å²) in [5.41, 5.74) is 0. The summed E-state index contributed by atoms with van der Waals surface area (Å²) >= 11 is 1.87. The molecule has 0 amide bonds. The second kappa shape index (κ2) is 11.8. The van der Waals surface area contributed by atoms with Gasteiger partial charge in [0.25, 0.3) is 0 Å². The molecule has 0 radical (unpaired) electrons. The van der Waals surface area contributed by atoms with Gasteiger partial charge in [-0.25, -0.2) is 0 Å². The number of hydrogen-bond donors (Lipinski definition) is 1. The topological polar surface area (TPSA) is 27.6 Å². The minimum atomic E-state index is 0.872. The highest BCUT2D eigenvalue weighted by molar-refractivity contribution is 7.99. The van der Waals surface area contributed by atoms with Gasteiger partial charge in [-0.1, -0.05) is 19.4 Å². The molecule has 0 atom stereocenters. The Labute approximate surface area is 111 Å². The van der Waals surface area contributed by atoms with E-state index in [-0.39, 0.29) is 0 Å². The molecular formula is C13H27N3S. The molecule has 0 aromatic heterocycles. The van der Waals surface area contributed by atoms with Gasteiger partial charge in [0.1, 0.15) is 0 Å². The average Bonchev–Trinajstić information content (AvgIpc) is 2.34. The number of guanidine groups is 1. The Bertz CT molecular complexity index is 217. The number of thioether (sulfide) groups is 1. The van der Waals surface area contributed by atoms with Crippen LogP contribution in [0.15, 0.2) is 17.6 Å². The number of aliphatic imine (C=N–C) groups is 1. The van der Waals surface area contributed by atoms with Crippen LogP contribution in [0.5, 0.6) is 0 Å². The van der Waals surface area contributed by atoms with E-state index < -0.39 is 0 Å². The van der Waals surface area contributed by atoms with Crippen molar-refractivity contribution in [3.05, 3.63) is 12.7 Å². The van der Waals surface area contributed by atoms with E-state index in [1.54, 1.807) is 0 Å². The second-order valence-corrected chi connectivity index (χ2v) is 5.02. The SMILES string of the molecule is C=CCSCCN=C(NCC)N(C)CCCC. The minimum absolute atomic E-state index is 0.872. The molecule has 17 heavy (non-hydrogen) atoms. The van der Waals surface area contributed by atoms with Crippen molar-refractivity contribution in [2.45, 2.75) is 26.7 Å². The minimum Gasteiger partial charge on any atom is -0.357 e. The van der Waals surface area contributed by atoms with Gasteiger partial charge in [-0.3, -0.25) is 4.99 Å². The third-order valence-corrected chi connectivity index (χ3v) is 3.22. The van der Waals surface area contributed by atoms with E-state index >= 15 is 0 Å². The molecule has 0 heterocycles. The Balaban J connectivity index is 4.00. The number of rotatable bonds is 9. The molecule has 0 unspecified atom stereocenters. The quantitative estimate of drug-likeness (QED) is 0.298. The van der Waals surface area contributed by atoms with Crippen LogP contribution >= 0.6 is 11.8 Å². The van der Waals surface area contributed by atoms with Gasteiger partial charge in [-0.2, -0.15) is 11.8 Å². The molecule has 0 rings (SSSR count). The third-order valence-electron chi connectivity index (χ3n) is 2.28. The lowest BCUT2D eigenvalue weighted by Gasteiger charge is -2.21. The van der Waals surface area contributed by atoms with Crippen LogP contribution in [0.25, 0.3) is 0 Å². The van der Waals surface area contributed by atoms with Gasteiger partial charge < -0.3 is 10.2 Å². The van der Waals surface area contributed by atoms with Gasteiger partial charge in [0, 0.05) is 31.6 Å². The smallest absolute Gasteiger partial charge is 0.193 e. The summed E-state index contributed by atoms with van der Waals surface area (Å²) in [5.74, 6) is 3.10. The van der Waals surface area contributed by atoms with Crippen molar-refractivity contribution in [3.63, 3.8) is 0 Å². The second-order valence-electron chi connectivity index (χ2n) is 3.87. The normalized spacial score (nSPS) is 11.4. The molecule has 0 bridgehead atoms. The summed E-state index contributed by atoms with van der Waals surface area (Å²) in [5, 5.41) is 3.33. The number of nitrogens with one attached hydrogen (secondary N) is 1. The first-order chi connectivity index (χ1) is 8.26. The lowest BCUT2D eigenvalue weighted by atomic mass is 10.3. The Kier molecular flexibility index (Phi) is 11.4. The molecule has 0 fully saturated rings. The van der Waals surface area contributed by atoms with E-state index in [4.69, 9.17) is 0 Å². The van der Waals surface area contributed by atoms with E-state index in [0.29, 0.717) is 0 Å². The fraction of sp³-hybridized carbons (Fsp3) is 0.769. The van der Waals surface area contributed by atoms with Crippen molar-refractivity contribution in [1.29, 1.82) is 0 Å². The lowest BCUT2D eigenvalue weighted by Crippen LogP contribution is -2.39. The fourth-order valence-corrected chi connectivity index (χ4v) is 1.91. The molecule has 4 heteroatoms. The summed E-state index contributed by atoms with van der Waals surface area (Å²) in [6.07, 6.45) is 4.37. The first-order valence-electron chi connectivity index (χ1n) is 6.44. The Morgan fingerprint density at radius 1 is 1.47 bits per heavy atom. The lowest BCUT2D eigenvalue weighted by molar-refractivity contribution is 0.465. The number of nitrogens with zero attached hydrogens (tertiary/aromatic N) is 2. The zero-order chi connectivity index (χ0) is 12.9. The van der Waals surface area contributed by atoms with Crippen LogP contribution in [-0.2, 0) is 0 Å². The highest BCUT2D eigenvalue weighted by Gasteiger charge is 2.03. The van der Waals surface area contributed by atoms with Gasteiger partial charge in [-0.15, -0.1) is 6.58 Å². The van der Waals surface area contributed by atoms with E-state index in [1.165, 1.54) is 12.8 Å². The molecule has 0 spiro atoms. The Morgan fingerprint density at radius 3 is 2.82 bits per heavy atom. The van der Waals surface area contributed by atoms with Crippen molar-refractivity contribution in [1.82, 2.24) is 10.2 Å². The third kappa shape index (κ3) is 9.10. The van der Waals surface area contributed by atoms with Crippen LogP contribution in [0.3, 0.4) is 0 Å². The van der Waals surface area contributed by atoms with Gasteiger partial charge in [0.05, 0.1) is 6.54 Å². The molecule has 0 aliphatic carbocycles. The summed E-state index contributed by atoms with van der Waals surface area (Å²) in [6, 6.07) is 0. The zero-order valence-electron chi connectivity index (χ0n) is 11.5. The van der Waals surface area contributed by atoms with Gasteiger partial charge in [-0.05, 0) is 13.3 Å². The van der Waals surface area contributed by atoms with E-state index in [0.717, 1.165) is 37.1 Å². The fourth-order valence-electron chi connectivity index (χ4n) is 1.35. The number of unbranched alkanes of at least 4 members (excludes halogenated alkanes) is 1. The maximum Gasteiger partial charge on any atom is 0.193 e. The predicted molar refractivity (Wildman–Crippen MR) is 81.0 cm³/mol. The maximum absolute atomic E-state index is 4.61. The van der Waals surface area contributed by atoms with Crippen LogP contribution in [0.2, 0.25) is 0 Å².